The third-order valence-corrected chi connectivity index (χ3v) is 2.70. The second-order valence-corrected chi connectivity index (χ2v) is 3.99. The smallest absolute Gasteiger partial charge is 0.159 e. The van der Waals surface area contributed by atoms with Gasteiger partial charge in [-0.25, -0.2) is 4.98 Å². The molecule has 0 N–H and O–H groups in total. The average molecular weight is 236 g/mol. The van der Waals surface area contributed by atoms with Gasteiger partial charge in [-0.1, -0.05) is 12.1 Å². The van der Waals surface area contributed by atoms with E-state index in [2.05, 4.69) is 15.0 Å². The van der Waals surface area contributed by atoms with Crippen LogP contribution in [0, 0.1) is 0 Å². The summed E-state index contributed by atoms with van der Waals surface area (Å²) in [5.74, 6) is 0.844. The van der Waals surface area contributed by atoms with Gasteiger partial charge < -0.3 is 4.57 Å². The summed E-state index contributed by atoms with van der Waals surface area (Å²) >= 11 is 0. The molecule has 3 rings (SSSR count). The van der Waals surface area contributed by atoms with Crippen molar-refractivity contribution in [3.8, 4) is 22.9 Å². The van der Waals surface area contributed by atoms with Gasteiger partial charge in [-0.2, -0.15) is 0 Å². The SMILES string of the molecule is Cn1cc(-c2ccccn2)nc1-c1ccccn1. The van der Waals surface area contributed by atoms with Crippen molar-refractivity contribution in [3.05, 3.63) is 55.0 Å². The van der Waals surface area contributed by atoms with Crippen molar-refractivity contribution in [1.29, 1.82) is 0 Å². The monoisotopic (exact) mass is 236 g/mol. The van der Waals surface area contributed by atoms with Gasteiger partial charge in [0, 0.05) is 25.6 Å². The van der Waals surface area contributed by atoms with Crippen molar-refractivity contribution in [2.24, 2.45) is 7.05 Å². The summed E-state index contributed by atoms with van der Waals surface area (Å²) in [7, 11) is 1.96. The molecule has 4 nitrogen and oxygen atoms in total. The van der Waals surface area contributed by atoms with Gasteiger partial charge in [0.05, 0.1) is 5.69 Å². The minimum absolute atomic E-state index is 0.844. The van der Waals surface area contributed by atoms with E-state index < -0.39 is 0 Å². The second-order valence-electron chi connectivity index (χ2n) is 3.99. The van der Waals surface area contributed by atoms with Crippen LogP contribution in [0.25, 0.3) is 22.9 Å². The first-order valence-electron chi connectivity index (χ1n) is 5.71. The van der Waals surface area contributed by atoms with E-state index in [-0.39, 0.29) is 0 Å². The minimum atomic E-state index is 0.844. The summed E-state index contributed by atoms with van der Waals surface area (Å²) in [5.41, 5.74) is 2.59. The van der Waals surface area contributed by atoms with Gasteiger partial charge >= 0.3 is 0 Å². The maximum absolute atomic E-state index is 4.59. The molecule has 0 bridgehead atoms. The van der Waals surface area contributed by atoms with E-state index >= 15 is 0 Å². The Bertz CT molecular complexity index is 644. The Morgan fingerprint density at radius 2 is 1.50 bits per heavy atom. The first-order chi connectivity index (χ1) is 8.84. The van der Waals surface area contributed by atoms with Crippen LogP contribution in [0.2, 0.25) is 0 Å². The Morgan fingerprint density at radius 1 is 0.833 bits per heavy atom. The summed E-state index contributed by atoms with van der Waals surface area (Å²) in [6.07, 6.45) is 5.50. The van der Waals surface area contributed by atoms with Gasteiger partial charge in [0.15, 0.2) is 5.82 Å². The van der Waals surface area contributed by atoms with E-state index in [1.807, 2.05) is 54.2 Å². The number of aromatic nitrogens is 4. The maximum atomic E-state index is 4.59. The zero-order valence-corrected chi connectivity index (χ0v) is 9.99. The first kappa shape index (κ1) is 10.7. The molecule has 4 heteroatoms. The summed E-state index contributed by atoms with van der Waals surface area (Å²) in [4.78, 5) is 13.2. The molecular formula is C14H12N4. The lowest BCUT2D eigenvalue weighted by molar-refractivity contribution is 0.917. The molecule has 3 heterocycles. The molecule has 0 aromatic carbocycles. The molecule has 3 aromatic heterocycles. The van der Waals surface area contributed by atoms with E-state index in [9.17, 15) is 0 Å². The molecule has 0 saturated carbocycles. The molecule has 0 amide bonds. The van der Waals surface area contributed by atoms with Crippen molar-refractivity contribution in [3.63, 3.8) is 0 Å². The van der Waals surface area contributed by atoms with Crippen LogP contribution < -0.4 is 0 Å². The standard InChI is InChI=1S/C14H12N4/c1-18-10-13(11-6-2-4-8-15-11)17-14(18)12-7-3-5-9-16-12/h2-10H,1H3. The number of imidazole rings is 1. The summed E-state index contributed by atoms with van der Waals surface area (Å²) < 4.78 is 1.96. The Hall–Kier alpha value is -2.49. The zero-order valence-electron chi connectivity index (χ0n) is 9.99. The molecule has 0 aliphatic carbocycles. The van der Waals surface area contributed by atoms with Crippen molar-refractivity contribution in [2.45, 2.75) is 0 Å². The lowest BCUT2D eigenvalue weighted by Gasteiger charge is -1.98. The Kier molecular flexibility index (Phi) is 2.61. The van der Waals surface area contributed by atoms with Gasteiger partial charge in [-0.05, 0) is 24.3 Å². The normalized spacial score (nSPS) is 10.5. The number of hydrogen-bond acceptors (Lipinski definition) is 3. The summed E-state index contributed by atoms with van der Waals surface area (Å²) in [5, 5.41) is 0. The second kappa shape index (κ2) is 4.41. The summed E-state index contributed by atoms with van der Waals surface area (Å²) in [6, 6.07) is 11.6. The van der Waals surface area contributed by atoms with Crippen LogP contribution in [0.4, 0.5) is 0 Å². The fourth-order valence-electron chi connectivity index (χ4n) is 1.84. The quantitative estimate of drug-likeness (QED) is 0.686. The zero-order chi connectivity index (χ0) is 12.4. The van der Waals surface area contributed by atoms with Crippen LogP contribution in [0.1, 0.15) is 0 Å². The number of pyridine rings is 2. The molecule has 88 valence electrons. The van der Waals surface area contributed by atoms with E-state index in [0.29, 0.717) is 0 Å². The highest BCUT2D eigenvalue weighted by Gasteiger charge is 2.10. The molecule has 3 aromatic rings. The van der Waals surface area contributed by atoms with E-state index in [4.69, 9.17) is 0 Å². The van der Waals surface area contributed by atoms with Crippen molar-refractivity contribution in [2.75, 3.05) is 0 Å². The summed E-state index contributed by atoms with van der Waals surface area (Å²) in [6.45, 7) is 0. The van der Waals surface area contributed by atoms with Gasteiger partial charge in [0.2, 0.25) is 0 Å². The number of aryl methyl sites for hydroxylation is 1. The molecular weight excluding hydrogens is 224 g/mol. The topological polar surface area (TPSA) is 43.6 Å². The number of rotatable bonds is 2. The van der Waals surface area contributed by atoms with Crippen molar-refractivity contribution < 1.29 is 0 Å². The predicted molar refractivity (Wildman–Crippen MR) is 69.7 cm³/mol. The minimum Gasteiger partial charge on any atom is -0.332 e. The molecule has 0 unspecified atom stereocenters. The fraction of sp³-hybridized carbons (Fsp3) is 0.0714. The average Bonchev–Trinajstić information content (AvgIpc) is 2.83. The highest BCUT2D eigenvalue weighted by Crippen LogP contribution is 2.20. The van der Waals surface area contributed by atoms with Gasteiger partial charge in [-0.15, -0.1) is 0 Å². The molecule has 0 aliphatic heterocycles. The lowest BCUT2D eigenvalue weighted by atomic mass is 10.3. The van der Waals surface area contributed by atoms with Crippen LogP contribution in [0.3, 0.4) is 0 Å². The third kappa shape index (κ3) is 1.88. The van der Waals surface area contributed by atoms with Gasteiger partial charge in [-0.3, -0.25) is 9.97 Å². The molecule has 0 aliphatic rings. The van der Waals surface area contributed by atoms with Gasteiger partial charge in [0.1, 0.15) is 11.4 Å². The Labute approximate surface area is 105 Å². The fourth-order valence-corrected chi connectivity index (χ4v) is 1.84. The lowest BCUT2D eigenvalue weighted by Crippen LogP contribution is -1.92. The molecule has 0 saturated heterocycles. The molecule has 18 heavy (non-hydrogen) atoms. The first-order valence-corrected chi connectivity index (χ1v) is 5.71. The maximum Gasteiger partial charge on any atom is 0.159 e. The Balaban J connectivity index is 2.07. The van der Waals surface area contributed by atoms with E-state index in [1.165, 1.54) is 0 Å². The van der Waals surface area contributed by atoms with Crippen LogP contribution in [0.15, 0.2) is 55.0 Å². The Morgan fingerprint density at radius 3 is 2.11 bits per heavy atom. The number of nitrogens with zero attached hydrogens (tertiary/aromatic N) is 4. The van der Waals surface area contributed by atoms with Crippen LogP contribution in [-0.4, -0.2) is 19.5 Å². The van der Waals surface area contributed by atoms with Crippen LogP contribution in [-0.2, 0) is 7.05 Å². The number of hydrogen-bond donors (Lipinski definition) is 0. The largest absolute Gasteiger partial charge is 0.332 e. The third-order valence-electron chi connectivity index (χ3n) is 2.70. The van der Waals surface area contributed by atoms with Crippen molar-refractivity contribution in [1.82, 2.24) is 19.5 Å². The van der Waals surface area contributed by atoms with E-state index in [1.54, 1.807) is 12.4 Å². The molecule has 0 radical (unpaired) electrons. The van der Waals surface area contributed by atoms with Crippen LogP contribution >= 0.6 is 0 Å². The van der Waals surface area contributed by atoms with Gasteiger partial charge in [0.25, 0.3) is 0 Å². The molecule has 0 spiro atoms. The van der Waals surface area contributed by atoms with E-state index in [0.717, 1.165) is 22.9 Å². The molecule has 0 fully saturated rings. The highest BCUT2D eigenvalue weighted by atomic mass is 15.1. The molecule has 0 atom stereocenters. The van der Waals surface area contributed by atoms with Crippen molar-refractivity contribution >= 4 is 0 Å². The predicted octanol–water partition coefficient (Wildman–Crippen LogP) is 2.54. The highest BCUT2D eigenvalue weighted by molar-refractivity contribution is 5.60. The van der Waals surface area contributed by atoms with Crippen LogP contribution in [0.5, 0.6) is 0 Å².